The summed E-state index contributed by atoms with van der Waals surface area (Å²) >= 11 is -0.311. The number of carbonyl (C=O) groups excluding carboxylic acids is 1. The molecule has 0 radical (unpaired) electrons. The van der Waals surface area contributed by atoms with Crippen LogP contribution in [-0.2, 0) is 0 Å². The molecule has 16 heavy (non-hydrogen) atoms. The van der Waals surface area contributed by atoms with Gasteiger partial charge >= 0.3 is 96.1 Å². The fourth-order valence-corrected chi connectivity index (χ4v) is 3.53. The molecule has 3 N–H and O–H groups in total. The Morgan fingerprint density at radius 1 is 1.56 bits per heavy atom. The van der Waals surface area contributed by atoms with E-state index in [4.69, 9.17) is 15.7 Å². The predicted molar refractivity (Wildman–Crippen MR) is 57.5 cm³/mol. The van der Waals surface area contributed by atoms with Gasteiger partial charge in [-0.25, -0.2) is 0 Å². The summed E-state index contributed by atoms with van der Waals surface area (Å²) in [6.45, 7) is 0. The average Bonchev–Trinajstić information content (AvgIpc) is 2.55. The molecule has 1 heterocycles. The van der Waals surface area contributed by atoms with Crippen LogP contribution in [0.3, 0.4) is 0 Å². The molecule has 2 rings (SSSR count). The Bertz CT molecular complexity index is 612. The molecule has 0 aliphatic heterocycles. The summed E-state index contributed by atoms with van der Waals surface area (Å²) in [5.41, 5.74) is 5.09. The monoisotopic (exact) mass is 282 g/mol. The number of rotatable bonds is 1. The molecular formula is C10H6N2O3Se. The number of primary amides is 1. The quantitative estimate of drug-likeness (QED) is 0.760. The van der Waals surface area contributed by atoms with E-state index in [0.717, 1.165) is 4.26 Å². The van der Waals surface area contributed by atoms with Crippen LogP contribution in [0, 0.1) is 11.3 Å². The topological polar surface area (TPSA) is 96.3 Å². The molecule has 1 amide bonds. The number of aromatic hydroxyl groups is 1. The Kier molecular flexibility index (Phi) is 2.57. The first-order valence-electron chi connectivity index (χ1n) is 4.25. The van der Waals surface area contributed by atoms with Crippen molar-refractivity contribution >= 4 is 30.2 Å². The van der Waals surface area contributed by atoms with Gasteiger partial charge < -0.3 is 0 Å². The van der Waals surface area contributed by atoms with Gasteiger partial charge in [-0.1, -0.05) is 0 Å². The van der Waals surface area contributed by atoms with Crippen molar-refractivity contribution < 1.29 is 14.6 Å². The van der Waals surface area contributed by atoms with Crippen LogP contribution in [-0.4, -0.2) is 25.7 Å². The molecule has 0 spiro atoms. The molecule has 2 aromatic rings. The minimum atomic E-state index is -0.947. The van der Waals surface area contributed by atoms with Crippen LogP contribution in [0.25, 0.3) is 9.65 Å². The van der Waals surface area contributed by atoms with Gasteiger partial charge in [0.25, 0.3) is 0 Å². The number of hydrogen-bond acceptors (Lipinski definition) is 4. The second-order valence-corrected chi connectivity index (χ2v) is 5.08. The Morgan fingerprint density at radius 3 is 2.94 bits per heavy atom. The van der Waals surface area contributed by atoms with E-state index in [1.54, 1.807) is 12.1 Å². The van der Waals surface area contributed by atoms with Gasteiger partial charge in [-0.15, -0.1) is 0 Å². The number of hydrogen-bond donors (Lipinski definition) is 2. The summed E-state index contributed by atoms with van der Waals surface area (Å²) in [7, 11) is 0. The summed E-state index contributed by atoms with van der Waals surface area (Å²) in [5.74, 6) is 0.0130. The predicted octanol–water partition coefficient (Wildman–Crippen LogP) is 0.932. The normalized spacial score (nSPS) is 9.94. The zero-order valence-electron chi connectivity index (χ0n) is 7.93. The number of phenolic OH excluding ortho intramolecular Hbond substituents is 1. The number of benzene rings is 1. The van der Waals surface area contributed by atoms with Crippen LogP contribution >= 0.6 is 0 Å². The Labute approximate surface area is 96.4 Å². The molecule has 6 heteroatoms. The second-order valence-electron chi connectivity index (χ2n) is 2.95. The first kappa shape index (κ1) is 10.6. The molecular weight excluding hydrogens is 275 g/mol. The number of ether oxygens (including phenoxy) is 1. The number of carbonyl (C=O) groups is 1. The van der Waals surface area contributed by atoms with Crippen molar-refractivity contribution in [1.82, 2.24) is 0 Å². The molecule has 0 atom stereocenters. The Balaban J connectivity index is 2.73. The van der Waals surface area contributed by atoms with Gasteiger partial charge in [0.15, 0.2) is 0 Å². The molecule has 0 bridgehead atoms. The van der Waals surface area contributed by atoms with E-state index in [9.17, 15) is 9.90 Å². The summed E-state index contributed by atoms with van der Waals surface area (Å²) in [6, 6.07) is 6.86. The molecule has 0 aliphatic rings. The van der Waals surface area contributed by atoms with E-state index < -0.39 is 6.09 Å². The van der Waals surface area contributed by atoms with Gasteiger partial charge in [0.1, 0.15) is 0 Å². The first-order chi connectivity index (χ1) is 7.63. The van der Waals surface area contributed by atoms with E-state index in [2.05, 4.69) is 0 Å². The van der Waals surface area contributed by atoms with Crippen molar-refractivity contribution in [2.75, 3.05) is 0 Å². The SMILES string of the molecule is N#Cc1c(OC(N)=O)[se]c2cccc(O)c12. The van der Waals surface area contributed by atoms with Gasteiger partial charge in [0.05, 0.1) is 0 Å². The number of phenols is 1. The van der Waals surface area contributed by atoms with E-state index in [1.807, 2.05) is 6.07 Å². The van der Waals surface area contributed by atoms with E-state index in [0.29, 0.717) is 5.39 Å². The summed E-state index contributed by atoms with van der Waals surface area (Å²) in [4.78, 5) is 10.7. The maximum atomic E-state index is 10.7. The molecule has 0 aliphatic carbocycles. The van der Waals surface area contributed by atoms with E-state index >= 15 is 0 Å². The minimum absolute atomic E-state index is 0.0130. The standard InChI is InChI=1S/C10H6N2O3Se/c11-4-5-8-6(13)2-1-3-7(8)16-9(5)15-10(12)14/h1-3,13H,(H2,12,14). The zero-order chi connectivity index (χ0) is 11.7. The van der Waals surface area contributed by atoms with Crippen LogP contribution in [0.5, 0.6) is 10.4 Å². The summed E-state index contributed by atoms with van der Waals surface area (Å²) in [5, 5.41) is 19.1. The van der Waals surface area contributed by atoms with Gasteiger partial charge in [-0.3, -0.25) is 0 Å². The van der Waals surface area contributed by atoms with Crippen molar-refractivity contribution in [2.45, 2.75) is 0 Å². The third-order valence-electron chi connectivity index (χ3n) is 1.97. The third-order valence-corrected chi connectivity index (χ3v) is 4.13. The van der Waals surface area contributed by atoms with Crippen molar-refractivity contribution in [3.05, 3.63) is 23.8 Å². The maximum absolute atomic E-state index is 10.7. The van der Waals surface area contributed by atoms with E-state index in [1.165, 1.54) is 6.07 Å². The van der Waals surface area contributed by atoms with Gasteiger partial charge in [-0.05, 0) is 0 Å². The van der Waals surface area contributed by atoms with Crippen molar-refractivity contribution in [3.8, 4) is 16.4 Å². The number of nitriles is 1. The Hall–Kier alpha value is -1.96. The van der Waals surface area contributed by atoms with Crippen LogP contribution in [0.15, 0.2) is 18.2 Å². The van der Waals surface area contributed by atoms with Crippen molar-refractivity contribution in [3.63, 3.8) is 0 Å². The van der Waals surface area contributed by atoms with E-state index in [-0.39, 0.29) is 30.4 Å². The zero-order valence-corrected chi connectivity index (χ0v) is 9.64. The molecule has 1 aromatic heterocycles. The van der Waals surface area contributed by atoms with Crippen LogP contribution in [0.4, 0.5) is 4.79 Å². The third kappa shape index (κ3) is 1.63. The number of nitrogens with zero attached hydrogens (tertiary/aromatic N) is 1. The molecule has 80 valence electrons. The van der Waals surface area contributed by atoms with Crippen LogP contribution in [0.2, 0.25) is 0 Å². The number of fused-ring (bicyclic) bond motifs is 1. The fraction of sp³-hybridized carbons (Fsp3) is 0. The molecule has 1 aromatic carbocycles. The molecule has 0 saturated carbocycles. The van der Waals surface area contributed by atoms with Crippen LogP contribution in [0.1, 0.15) is 5.56 Å². The number of amides is 1. The van der Waals surface area contributed by atoms with Crippen LogP contribution < -0.4 is 10.5 Å². The Morgan fingerprint density at radius 2 is 2.31 bits per heavy atom. The summed E-state index contributed by atoms with van der Waals surface area (Å²) in [6.07, 6.45) is -0.947. The second kappa shape index (κ2) is 3.89. The van der Waals surface area contributed by atoms with Gasteiger partial charge in [-0.2, -0.15) is 0 Å². The molecule has 0 fully saturated rings. The van der Waals surface area contributed by atoms with Crippen molar-refractivity contribution in [2.24, 2.45) is 5.73 Å². The molecule has 5 nitrogen and oxygen atoms in total. The van der Waals surface area contributed by atoms with Crippen molar-refractivity contribution in [1.29, 1.82) is 5.26 Å². The van der Waals surface area contributed by atoms with Gasteiger partial charge in [0, 0.05) is 0 Å². The first-order valence-corrected chi connectivity index (χ1v) is 5.96. The van der Waals surface area contributed by atoms with Gasteiger partial charge in [0.2, 0.25) is 0 Å². The fourth-order valence-electron chi connectivity index (χ4n) is 1.37. The number of nitrogens with two attached hydrogens (primary N) is 1. The summed E-state index contributed by atoms with van der Waals surface area (Å²) < 4.78 is 5.82. The molecule has 0 saturated heterocycles. The average molecular weight is 281 g/mol. The molecule has 0 unspecified atom stereocenters.